The first-order valence-electron chi connectivity index (χ1n) is 8.62. The van der Waals surface area contributed by atoms with Crippen LogP contribution >= 0.6 is 0 Å². The van der Waals surface area contributed by atoms with Crippen molar-refractivity contribution in [3.63, 3.8) is 0 Å². The second-order valence-corrected chi connectivity index (χ2v) is 14.0. The van der Waals surface area contributed by atoms with E-state index in [2.05, 4.69) is 0 Å². The number of benzene rings is 1. The highest BCUT2D eigenvalue weighted by atomic mass is 28.4. The summed E-state index contributed by atoms with van der Waals surface area (Å²) in [7, 11) is -3.21. The predicted octanol–water partition coefficient (Wildman–Crippen LogP) is 4.65. The highest BCUT2D eigenvalue weighted by molar-refractivity contribution is 6.74. The Morgan fingerprint density at radius 1 is 0.960 bits per heavy atom. The molecular weight excluding hydrogens is 341 g/mol. The monoisotopic (exact) mass is 370 g/mol. The molecule has 1 saturated heterocycles. The fraction of sp³-hybridized carbons (Fsp3) is 0.667. The van der Waals surface area contributed by atoms with E-state index < -0.39 is 38.3 Å². The van der Waals surface area contributed by atoms with Gasteiger partial charge in [-0.2, -0.15) is 4.39 Å². The molecule has 1 aromatic rings. The van der Waals surface area contributed by atoms with Crippen LogP contribution in [0.2, 0.25) is 18.1 Å². The second kappa shape index (κ2) is 6.06. The van der Waals surface area contributed by atoms with E-state index in [0.717, 1.165) is 0 Å². The third-order valence-corrected chi connectivity index (χ3v) is 10.1. The molecule has 0 unspecified atom stereocenters. The highest BCUT2D eigenvalue weighted by Crippen LogP contribution is 2.39. The molecule has 140 valence electrons. The maximum Gasteiger partial charge on any atom is 0.497 e. The van der Waals surface area contributed by atoms with E-state index in [1.807, 2.05) is 61.6 Å². The lowest BCUT2D eigenvalue weighted by Gasteiger charge is -2.36. The minimum absolute atomic E-state index is 0.0515. The standard InChI is InChI=1S/C18H29BF2O3Si/c1-16(2,3)25(8,9)22-13-11-10-12(14(20)15(13)21)19-23-17(4,5)18(6,7)24-19/h10-11H,1-9H3. The predicted molar refractivity (Wildman–Crippen MR) is 99.9 cm³/mol. The average Bonchev–Trinajstić information content (AvgIpc) is 2.62. The quantitative estimate of drug-likeness (QED) is 0.725. The topological polar surface area (TPSA) is 27.7 Å². The summed E-state index contributed by atoms with van der Waals surface area (Å²) in [5.41, 5.74) is -1.17. The zero-order chi connectivity index (χ0) is 19.4. The van der Waals surface area contributed by atoms with Gasteiger partial charge in [-0.05, 0) is 51.9 Å². The molecule has 7 heteroatoms. The Bertz CT molecular complexity index is 653. The number of halogens is 2. The van der Waals surface area contributed by atoms with E-state index in [-0.39, 0.29) is 16.3 Å². The van der Waals surface area contributed by atoms with Gasteiger partial charge in [0.1, 0.15) is 5.75 Å². The summed E-state index contributed by atoms with van der Waals surface area (Å²) in [6.45, 7) is 17.6. The van der Waals surface area contributed by atoms with Crippen LogP contribution in [0.25, 0.3) is 0 Å². The van der Waals surface area contributed by atoms with E-state index in [1.165, 1.54) is 12.1 Å². The summed E-state index contributed by atoms with van der Waals surface area (Å²) in [5.74, 6) is -2.02. The molecule has 3 nitrogen and oxygen atoms in total. The summed E-state index contributed by atoms with van der Waals surface area (Å²) < 4.78 is 46.9. The van der Waals surface area contributed by atoms with E-state index in [1.54, 1.807) is 0 Å². The molecule has 0 aliphatic carbocycles. The van der Waals surface area contributed by atoms with Crippen molar-refractivity contribution in [2.45, 2.75) is 77.8 Å². The van der Waals surface area contributed by atoms with Crippen molar-refractivity contribution in [2.24, 2.45) is 0 Å². The number of hydrogen-bond acceptors (Lipinski definition) is 3. The van der Waals surface area contributed by atoms with Gasteiger partial charge in [0.2, 0.25) is 0 Å². The lowest BCUT2D eigenvalue weighted by Crippen LogP contribution is -2.44. The Hall–Kier alpha value is -0.918. The van der Waals surface area contributed by atoms with Gasteiger partial charge >= 0.3 is 7.12 Å². The normalized spacial score (nSPS) is 20.0. The highest BCUT2D eigenvalue weighted by Gasteiger charge is 2.52. The summed E-state index contributed by atoms with van der Waals surface area (Å²) in [6, 6.07) is 2.96. The Balaban J connectivity index is 2.34. The summed E-state index contributed by atoms with van der Waals surface area (Å²) in [4.78, 5) is 0. The first kappa shape index (κ1) is 20.4. The van der Waals surface area contributed by atoms with Gasteiger partial charge < -0.3 is 13.7 Å². The summed E-state index contributed by atoms with van der Waals surface area (Å²) in [5, 5.41) is -0.111. The molecule has 0 bridgehead atoms. The van der Waals surface area contributed by atoms with Crippen LogP contribution in [0, 0.1) is 11.6 Å². The van der Waals surface area contributed by atoms with Crippen molar-refractivity contribution in [2.75, 3.05) is 0 Å². The molecule has 1 aliphatic rings. The first-order chi connectivity index (χ1) is 11.1. The smallest absolute Gasteiger partial charge is 0.497 e. The molecular formula is C18H29BF2O3Si. The van der Waals surface area contributed by atoms with E-state index in [4.69, 9.17) is 13.7 Å². The van der Waals surface area contributed by atoms with Crippen LogP contribution in [-0.4, -0.2) is 26.6 Å². The zero-order valence-corrected chi connectivity index (χ0v) is 17.7. The van der Waals surface area contributed by atoms with Crippen molar-refractivity contribution in [1.82, 2.24) is 0 Å². The molecule has 2 rings (SSSR count). The van der Waals surface area contributed by atoms with Gasteiger partial charge in [0.25, 0.3) is 8.32 Å². The SMILES string of the molecule is CC1(C)OB(c2ccc(O[Si](C)(C)C(C)(C)C)c(F)c2F)OC1(C)C. The van der Waals surface area contributed by atoms with Crippen molar-refractivity contribution in [3.8, 4) is 5.75 Å². The van der Waals surface area contributed by atoms with Gasteiger partial charge in [-0.15, -0.1) is 0 Å². The molecule has 1 aliphatic heterocycles. The molecule has 1 aromatic carbocycles. The van der Waals surface area contributed by atoms with Gasteiger partial charge in [-0.1, -0.05) is 26.8 Å². The molecule has 0 atom stereocenters. The van der Waals surface area contributed by atoms with E-state index >= 15 is 0 Å². The second-order valence-electron chi connectivity index (χ2n) is 9.23. The van der Waals surface area contributed by atoms with E-state index in [9.17, 15) is 8.78 Å². The fourth-order valence-corrected chi connectivity index (χ4v) is 3.22. The Morgan fingerprint density at radius 2 is 1.44 bits per heavy atom. The molecule has 0 spiro atoms. The lowest BCUT2D eigenvalue weighted by molar-refractivity contribution is 0.00578. The van der Waals surface area contributed by atoms with Gasteiger partial charge in [0, 0.05) is 5.46 Å². The minimum Gasteiger partial charge on any atom is -0.541 e. The van der Waals surface area contributed by atoms with Gasteiger partial charge in [0.15, 0.2) is 11.6 Å². The van der Waals surface area contributed by atoms with Crippen molar-refractivity contribution >= 4 is 20.9 Å². The van der Waals surface area contributed by atoms with E-state index in [0.29, 0.717) is 0 Å². The molecule has 1 heterocycles. The molecule has 0 radical (unpaired) electrons. The molecule has 0 N–H and O–H groups in total. The molecule has 0 saturated carbocycles. The van der Waals surface area contributed by atoms with Crippen LogP contribution in [0.4, 0.5) is 8.78 Å². The third-order valence-electron chi connectivity index (χ3n) is 5.76. The third kappa shape index (κ3) is 3.64. The summed E-state index contributed by atoms with van der Waals surface area (Å²) in [6.07, 6.45) is 0. The molecule has 0 amide bonds. The summed E-state index contributed by atoms with van der Waals surface area (Å²) >= 11 is 0. The number of rotatable bonds is 3. The first-order valence-corrected chi connectivity index (χ1v) is 11.5. The molecule has 25 heavy (non-hydrogen) atoms. The number of hydrogen-bond donors (Lipinski definition) is 0. The van der Waals surface area contributed by atoms with Gasteiger partial charge in [-0.3, -0.25) is 0 Å². The maximum atomic E-state index is 14.7. The van der Waals surface area contributed by atoms with Crippen LogP contribution in [0.5, 0.6) is 5.75 Å². The van der Waals surface area contributed by atoms with Crippen LogP contribution in [-0.2, 0) is 9.31 Å². The largest absolute Gasteiger partial charge is 0.541 e. The molecule has 1 fully saturated rings. The maximum absolute atomic E-state index is 14.7. The minimum atomic E-state index is -2.26. The fourth-order valence-electron chi connectivity index (χ4n) is 2.21. The Labute approximate surface area is 151 Å². The molecule has 0 aromatic heterocycles. The van der Waals surface area contributed by atoms with Gasteiger partial charge in [-0.25, -0.2) is 4.39 Å². The van der Waals surface area contributed by atoms with Crippen molar-refractivity contribution < 1.29 is 22.5 Å². The van der Waals surface area contributed by atoms with Crippen LogP contribution in [0.15, 0.2) is 12.1 Å². The van der Waals surface area contributed by atoms with Gasteiger partial charge in [0.05, 0.1) is 11.2 Å². The van der Waals surface area contributed by atoms with Crippen LogP contribution in [0.3, 0.4) is 0 Å². The lowest BCUT2D eigenvalue weighted by atomic mass is 9.78. The van der Waals surface area contributed by atoms with Crippen molar-refractivity contribution in [1.29, 1.82) is 0 Å². The Morgan fingerprint density at radius 3 is 1.88 bits per heavy atom. The van der Waals surface area contributed by atoms with Crippen LogP contribution < -0.4 is 9.89 Å². The zero-order valence-electron chi connectivity index (χ0n) is 16.7. The Kier molecular flexibility index (Phi) is 4.95. The average molecular weight is 370 g/mol. The van der Waals surface area contributed by atoms with Crippen molar-refractivity contribution in [3.05, 3.63) is 23.8 Å². The van der Waals surface area contributed by atoms with Crippen LogP contribution in [0.1, 0.15) is 48.5 Å².